The first-order valence-electron chi connectivity index (χ1n) is 9.16. The molecular weight excluding hydrogens is 354 g/mol. The number of rotatable bonds is 7. The molecule has 0 unspecified atom stereocenters. The van der Waals surface area contributed by atoms with Gasteiger partial charge in [0.2, 0.25) is 6.79 Å². The molecule has 1 amide bonds. The van der Waals surface area contributed by atoms with Crippen LogP contribution >= 0.6 is 0 Å². The number of carbonyl (C=O) groups excluding carboxylic acids is 1. The van der Waals surface area contributed by atoms with Crippen molar-refractivity contribution in [1.82, 2.24) is 5.32 Å². The molecule has 0 saturated heterocycles. The van der Waals surface area contributed by atoms with Crippen LogP contribution in [0.5, 0.6) is 11.5 Å². The third-order valence-corrected chi connectivity index (χ3v) is 4.47. The maximum Gasteiger partial charge on any atom is 0.255 e. The molecule has 1 N–H and O–H groups in total. The first-order valence-corrected chi connectivity index (χ1v) is 9.16. The van der Waals surface area contributed by atoms with Crippen molar-refractivity contribution in [3.8, 4) is 11.5 Å². The Labute approximate surface area is 163 Å². The molecule has 3 aromatic rings. The molecule has 0 atom stereocenters. The van der Waals surface area contributed by atoms with Crippen LogP contribution in [0.2, 0.25) is 0 Å². The molecule has 28 heavy (non-hydrogen) atoms. The minimum absolute atomic E-state index is 0.144. The van der Waals surface area contributed by atoms with E-state index in [0.717, 1.165) is 16.7 Å². The Balaban J connectivity index is 1.32. The summed E-state index contributed by atoms with van der Waals surface area (Å²) in [5.41, 5.74) is 3.71. The number of ether oxygens (including phenoxy) is 3. The molecule has 1 aliphatic heterocycles. The van der Waals surface area contributed by atoms with E-state index < -0.39 is 0 Å². The van der Waals surface area contributed by atoms with Gasteiger partial charge in [-0.15, -0.1) is 0 Å². The summed E-state index contributed by atoms with van der Waals surface area (Å²) in [6, 6.07) is 23.4. The van der Waals surface area contributed by atoms with Gasteiger partial charge in [0.05, 0.1) is 18.8 Å². The number of para-hydroxylation sites is 1. The number of hydrogen-bond acceptors (Lipinski definition) is 4. The van der Waals surface area contributed by atoms with E-state index in [2.05, 4.69) is 5.32 Å². The molecule has 1 aliphatic rings. The number of fused-ring (bicyclic) bond motifs is 1. The van der Waals surface area contributed by atoms with Gasteiger partial charge < -0.3 is 19.5 Å². The van der Waals surface area contributed by atoms with Crippen LogP contribution in [-0.4, -0.2) is 12.7 Å². The van der Waals surface area contributed by atoms with Gasteiger partial charge in [-0.25, -0.2) is 0 Å². The molecule has 0 aromatic heterocycles. The predicted molar refractivity (Wildman–Crippen MR) is 105 cm³/mol. The summed E-state index contributed by atoms with van der Waals surface area (Å²) < 4.78 is 16.5. The van der Waals surface area contributed by atoms with Crippen LogP contribution in [0, 0.1) is 0 Å². The Bertz CT molecular complexity index is 956. The molecule has 142 valence electrons. The Hall–Kier alpha value is -3.31. The van der Waals surface area contributed by atoms with Gasteiger partial charge in [0.15, 0.2) is 11.5 Å². The fourth-order valence-corrected chi connectivity index (χ4v) is 3.08. The number of amides is 1. The molecule has 0 fully saturated rings. The van der Waals surface area contributed by atoms with Gasteiger partial charge in [0.25, 0.3) is 5.91 Å². The van der Waals surface area contributed by atoms with E-state index in [1.807, 2.05) is 54.6 Å². The largest absolute Gasteiger partial charge is 0.454 e. The number of hydrogen-bond donors (Lipinski definition) is 1. The standard InChI is InChI=1S/C23H21NO4/c25-23(20-10-5-11-21-22(20)28-16-27-21)24-13-18-8-4-9-19(12-18)15-26-14-17-6-2-1-3-7-17/h1-12H,13-16H2,(H,24,25). The second-order valence-corrected chi connectivity index (χ2v) is 6.52. The molecule has 5 heteroatoms. The number of carbonyl (C=O) groups is 1. The van der Waals surface area contributed by atoms with Crippen LogP contribution in [0.1, 0.15) is 27.0 Å². The van der Waals surface area contributed by atoms with E-state index in [4.69, 9.17) is 14.2 Å². The van der Waals surface area contributed by atoms with Crippen LogP contribution < -0.4 is 14.8 Å². The van der Waals surface area contributed by atoms with Crippen LogP contribution in [-0.2, 0) is 24.5 Å². The van der Waals surface area contributed by atoms with Crippen LogP contribution in [0.4, 0.5) is 0 Å². The normalized spacial score (nSPS) is 12.0. The summed E-state index contributed by atoms with van der Waals surface area (Å²) in [4.78, 5) is 12.5. The third-order valence-electron chi connectivity index (χ3n) is 4.47. The first kappa shape index (κ1) is 18.1. The van der Waals surface area contributed by atoms with Gasteiger partial charge in [-0.2, -0.15) is 0 Å². The molecule has 0 radical (unpaired) electrons. The zero-order valence-electron chi connectivity index (χ0n) is 15.4. The highest BCUT2D eigenvalue weighted by Crippen LogP contribution is 2.35. The maximum absolute atomic E-state index is 12.5. The van der Waals surface area contributed by atoms with Crippen molar-refractivity contribution >= 4 is 5.91 Å². The highest BCUT2D eigenvalue weighted by molar-refractivity contribution is 5.97. The Kier molecular flexibility index (Phi) is 5.54. The molecule has 5 nitrogen and oxygen atoms in total. The highest BCUT2D eigenvalue weighted by atomic mass is 16.7. The summed E-state index contributed by atoms with van der Waals surface area (Å²) >= 11 is 0. The zero-order chi connectivity index (χ0) is 19.2. The monoisotopic (exact) mass is 375 g/mol. The van der Waals surface area contributed by atoms with Crippen LogP contribution in [0.15, 0.2) is 72.8 Å². The maximum atomic E-state index is 12.5. The Morgan fingerprint density at radius 1 is 0.857 bits per heavy atom. The molecule has 3 aromatic carbocycles. The summed E-state index contributed by atoms with van der Waals surface area (Å²) in [5.74, 6) is 0.918. The Morgan fingerprint density at radius 2 is 1.61 bits per heavy atom. The highest BCUT2D eigenvalue weighted by Gasteiger charge is 2.21. The summed E-state index contributed by atoms with van der Waals surface area (Å²) in [6.45, 7) is 1.66. The smallest absolute Gasteiger partial charge is 0.255 e. The lowest BCUT2D eigenvalue weighted by molar-refractivity contribution is 0.0946. The SMILES string of the molecule is O=C(NCc1cccc(COCc2ccccc2)c1)c1cccc2c1OCO2. The zero-order valence-corrected chi connectivity index (χ0v) is 15.4. The molecule has 1 heterocycles. The van der Waals surface area contributed by atoms with Crippen LogP contribution in [0.3, 0.4) is 0 Å². The van der Waals surface area contributed by atoms with Gasteiger partial charge in [-0.1, -0.05) is 60.7 Å². The molecule has 4 rings (SSSR count). The van der Waals surface area contributed by atoms with Crippen molar-refractivity contribution < 1.29 is 19.0 Å². The average Bonchev–Trinajstić information content (AvgIpc) is 3.22. The number of nitrogens with one attached hydrogen (secondary N) is 1. The van der Waals surface area contributed by atoms with E-state index in [-0.39, 0.29) is 12.7 Å². The fraction of sp³-hybridized carbons (Fsp3) is 0.174. The van der Waals surface area contributed by atoms with Crippen molar-refractivity contribution in [3.05, 3.63) is 95.1 Å². The topological polar surface area (TPSA) is 56.8 Å². The predicted octanol–water partition coefficient (Wildman–Crippen LogP) is 4.06. The van der Waals surface area contributed by atoms with E-state index in [1.54, 1.807) is 18.2 Å². The van der Waals surface area contributed by atoms with E-state index in [0.29, 0.717) is 36.8 Å². The van der Waals surface area contributed by atoms with Crippen molar-refractivity contribution in [3.63, 3.8) is 0 Å². The lowest BCUT2D eigenvalue weighted by atomic mass is 10.1. The summed E-state index contributed by atoms with van der Waals surface area (Å²) in [5, 5.41) is 2.94. The van der Waals surface area contributed by atoms with Gasteiger partial charge in [-0.3, -0.25) is 4.79 Å². The summed E-state index contributed by atoms with van der Waals surface area (Å²) in [6.07, 6.45) is 0. The van der Waals surface area contributed by atoms with Crippen molar-refractivity contribution in [2.45, 2.75) is 19.8 Å². The molecule has 0 saturated carbocycles. The molecule has 0 bridgehead atoms. The van der Waals surface area contributed by atoms with E-state index >= 15 is 0 Å². The Morgan fingerprint density at radius 3 is 2.50 bits per heavy atom. The summed E-state index contributed by atoms with van der Waals surface area (Å²) in [7, 11) is 0. The average molecular weight is 375 g/mol. The van der Waals surface area contributed by atoms with Gasteiger partial charge in [0, 0.05) is 6.54 Å². The second kappa shape index (κ2) is 8.59. The lowest BCUT2D eigenvalue weighted by Crippen LogP contribution is -2.23. The van der Waals surface area contributed by atoms with Crippen molar-refractivity contribution in [2.75, 3.05) is 6.79 Å². The van der Waals surface area contributed by atoms with Crippen molar-refractivity contribution in [2.24, 2.45) is 0 Å². The molecule has 0 spiro atoms. The third kappa shape index (κ3) is 4.32. The first-order chi connectivity index (χ1) is 13.8. The van der Waals surface area contributed by atoms with E-state index in [9.17, 15) is 4.79 Å². The minimum Gasteiger partial charge on any atom is -0.454 e. The van der Waals surface area contributed by atoms with E-state index in [1.165, 1.54) is 0 Å². The second-order valence-electron chi connectivity index (χ2n) is 6.52. The fourth-order valence-electron chi connectivity index (χ4n) is 3.08. The van der Waals surface area contributed by atoms with Gasteiger partial charge >= 0.3 is 0 Å². The molecular formula is C23H21NO4. The van der Waals surface area contributed by atoms with Crippen LogP contribution in [0.25, 0.3) is 0 Å². The van der Waals surface area contributed by atoms with Crippen molar-refractivity contribution in [1.29, 1.82) is 0 Å². The minimum atomic E-state index is -0.187. The van der Waals surface area contributed by atoms with Gasteiger partial charge in [-0.05, 0) is 28.8 Å². The number of benzene rings is 3. The lowest BCUT2D eigenvalue weighted by Gasteiger charge is -2.09. The quantitative estimate of drug-likeness (QED) is 0.677. The molecule has 0 aliphatic carbocycles. The van der Waals surface area contributed by atoms with Gasteiger partial charge in [0.1, 0.15) is 0 Å².